The highest BCUT2D eigenvalue weighted by Crippen LogP contribution is 2.59. The van der Waals surface area contributed by atoms with Gasteiger partial charge in [0, 0.05) is 24.7 Å². The zero-order valence-corrected chi connectivity index (χ0v) is 15.4. The van der Waals surface area contributed by atoms with Crippen molar-refractivity contribution in [3.63, 3.8) is 0 Å². The number of benzene rings is 1. The number of carbonyl (C=O) groups excluding carboxylic acids is 1. The van der Waals surface area contributed by atoms with Crippen LogP contribution in [0, 0.1) is 45.3 Å². The van der Waals surface area contributed by atoms with E-state index in [2.05, 4.69) is 16.3 Å². The van der Waals surface area contributed by atoms with Crippen LogP contribution in [0.3, 0.4) is 0 Å². The zero-order chi connectivity index (χ0) is 20.1. The monoisotopic (exact) mass is 370 g/mol. The number of likely N-dealkylation sites (N-methyl/N-ethyl adjacent to an activating group) is 1. The van der Waals surface area contributed by atoms with Gasteiger partial charge < -0.3 is 11.1 Å². The third kappa shape index (κ3) is 1.85. The molecule has 0 radical (unpaired) electrons. The second-order valence-corrected chi connectivity index (χ2v) is 7.25. The highest BCUT2D eigenvalue weighted by atomic mass is 16.2. The van der Waals surface area contributed by atoms with Crippen molar-refractivity contribution in [3.05, 3.63) is 52.7 Å². The second kappa shape index (κ2) is 5.96. The minimum atomic E-state index is -1.74. The molecule has 7 heteroatoms. The normalized spacial score (nSPS) is 27.7. The predicted molar refractivity (Wildman–Crippen MR) is 101 cm³/mol. The lowest BCUT2D eigenvalue weighted by molar-refractivity contribution is -0.121. The van der Waals surface area contributed by atoms with Crippen molar-refractivity contribution < 1.29 is 4.79 Å². The van der Waals surface area contributed by atoms with E-state index < -0.39 is 16.7 Å². The minimum Gasteiger partial charge on any atom is -0.399 e. The number of allylic oxidation sites excluding steroid dienone is 1. The highest BCUT2D eigenvalue weighted by molar-refractivity contribution is 6.10. The summed E-state index contributed by atoms with van der Waals surface area (Å²) in [6, 6.07) is 13.4. The van der Waals surface area contributed by atoms with Crippen LogP contribution < -0.4 is 11.1 Å². The van der Waals surface area contributed by atoms with Gasteiger partial charge in [-0.25, -0.2) is 0 Å². The van der Waals surface area contributed by atoms with E-state index in [0.29, 0.717) is 29.9 Å². The Labute approximate surface area is 162 Å². The molecule has 2 aliphatic heterocycles. The molecule has 138 valence electrons. The van der Waals surface area contributed by atoms with E-state index in [0.717, 1.165) is 6.54 Å². The Bertz CT molecular complexity index is 1070. The maximum atomic E-state index is 13.4. The van der Waals surface area contributed by atoms with Crippen LogP contribution >= 0.6 is 0 Å². The van der Waals surface area contributed by atoms with Gasteiger partial charge >= 0.3 is 0 Å². The van der Waals surface area contributed by atoms with Gasteiger partial charge in [-0.05, 0) is 23.7 Å². The van der Waals surface area contributed by atoms with Crippen LogP contribution in [0.5, 0.6) is 0 Å². The molecule has 4 rings (SSSR count). The van der Waals surface area contributed by atoms with Crippen LogP contribution in [-0.4, -0.2) is 30.4 Å². The van der Waals surface area contributed by atoms with Crippen molar-refractivity contribution in [2.24, 2.45) is 17.1 Å². The van der Waals surface area contributed by atoms with Gasteiger partial charge in [0.25, 0.3) is 0 Å². The first-order valence-corrected chi connectivity index (χ1v) is 9.08. The van der Waals surface area contributed by atoms with Crippen LogP contribution in [0.25, 0.3) is 0 Å². The topological polar surface area (TPSA) is 130 Å². The molecule has 1 spiro atoms. The standard InChI is InChI=1S/C21H18N6O/c1-2-27-8-7-13-16(10-27)21(14-5-3-4-6-17(14)26-19(21)28)15(9-22)18(25)20(13,11-23)12-24/h3-7,16H,2,8,10,25H2,1H3,(H,26,28). The highest BCUT2D eigenvalue weighted by Gasteiger charge is 2.65. The number of anilines is 1. The average Bonchev–Trinajstić information content (AvgIpc) is 3.02. The first kappa shape index (κ1) is 17.8. The lowest BCUT2D eigenvalue weighted by Gasteiger charge is -2.49. The fraction of sp³-hybridized carbons (Fsp3) is 0.333. The van der Waals surface area contributed by atoms with Crippen molar-refractivity contribution in [2.45, 2.75) is 12.3 Å². The van der Waals surface area contributed by atoms with Gasteiger partial charge in [-0.2, -0.15) is 15.8 Å². The maximum absolute atomic E-state index is 13.4. The maximum Gasteiger partial charge on any atom is 0.241 e. The fourth-order valence-corrected chi connectivity index (χ4v) is 4.87. The van der Waals surface area contributed by atoms with Gasteiger partial charge in [-0.3, -0.25) is 9.69 Å². The van der Waals surface area contributed by atoms with Crippen molar-refractivity contribution in [1.29, 1.82) is 15.8 Å². The first-order chi connectivity index (χ1) is 13.5. The molecule has 1 amide bonds. The fourth-order valence-electron chi connectivity index (χ4n) is 4.87. The number of hydrogen-bond acceptors (Lipinski definition) is 6. The Morgan fingerprint density at radius 3 is 2.64 bits per heavy atom. The number of fused-ring (bicyclic) bond motifs is 4. The Kier molecular flexibility index (Phi) is 3.79. The Morgan fingerprint density at radius 1 is 1.29 bits per heavy atom. The summed E-state index contributed by atoms with van der Waals surface area (Å²) in [5, 5.41) is 32.8. The summed E-state index contributed by atoms with van der Waals surface area (Å²) in [4.78, 5) is 15.5. The molecule has 2 atom stereocenters. The third-order valence-electron chi connectivity index (χ3n) is 6.26. The van der Waals surface area contributed by atoms with Crippen molar-refractivity contribution >= 4 is 11.6 Å². The second-order valence-electron chi connectivity index (χ2n) is 7.25. The molecule has 0 saturated heterocycles. The number of carbonyl (C=O) groups is 1. The van der Waals surface area contributed by atoms with E-state index in [1.165, 1.54) is 0 Å². The number of hydrogen-bond donors (Lipinski definition) is 2. The zero-order valence-electron chi connectivity index (χ0n) is 15.4. The van der Waals surface area contributed by atoms with Gasteiger partial charge in [0.05, 0.1) is 29.5 Å². The Hall–Kier alpha value is -3.60. The van der Waals surface area contributed by atoms with Crippen molar-refractivity contribution in [3.8, 4) is 18.2 Å². The van der Waals surface area contributed by atoms with E-state index in [1.807, 2.05) is 43.3 Å². The smallest absolute Gasteiger partial charge is 0.241 e. The summed E-state index contributed by atoms with van der Waals surface area (Å²) in [5.41, 5.74) is 4.91. The van der Waals surface area contributed by atoms with E-state index in [9.17, 15) is 20.6 Å². The number of rotatable bonds is 1. The molecule has 1 aromatic rings. The lowest BCUT2D eigenvalue weighted by Crippen LogP contribution is -2.57. The molecular weight excluding hydrogens is 352 g/mol. The van der Waals surface area contributed by atoms with Crippen molar-refractivity contribution in [2.75, 3.05) is 25.0 Å². The number of nitrogens with two attached hydrogens (primary N) is 1. The number of amides is 1. The van der Waals surface area contributed by atoms with Crippen LogP contribution in [0.15, 0.2) is 47.2 Å². The molecule has 1 aromatic carbocycles. The molecule has 0 bridgehead atoms. The third-order valence-corrected chi connectivity index (χ3v) is 6.26. The number of nitrogens with one attached hydrogen (secondary N) is 1. The lowest BCUT2D eigenvalue weighted by atomic mass is 9.52. The quantitative estimate of drug-likeness (QED) is 0.721. The molecular formula is C21H18N6O. The molecule has 3 N–H and O–H groups in total. The summed E-state index contributed by atoms with van der Waals surface area (Å²) >= 11 is 0. The number of nitrogens with zero attached hydrogens (tertiary/aromatic N) is 4. The molecule has 3 aliphatic rings. The van der Waals surface area contributed by atoms with Crippen LogP contribution in [0.1, 0.15) is 12.5 Å². The molecule has 2 heterocycles. The molecule has 0 fully saturated rings. The van der Waals surface area contributed by atoms with Gasteiger partial charge in [0.1, 0.15) is 5.41 Å². The van der Waals surface area contributed by atoms with Gasteiger partial charge in [0.2, 0.25) is 11.3 Å². The summed E-state index contributed by atoms with van der Waals surface area (Å²) in [6.45, 7) is 3.76. The molecule has 2 unspecified atom stereocenters. The Balaban J connectivity index is 2.14. The summed E-state index contributed by atoms with van der Waals surface area (Å²) in [5.74, 6) is -0.877. The number of para-hydroxylation sites is 1. The van der Waals surface area contributed by atoms with Gasteiger partial charge in [0.15, 0.2) is 0 Å². The van der Waals surface area contributed by atoms with E-state index in [4.69, 9.17) is 5.73 Å². The average molecular weight is 370 g/mol. The van der Waals surface area contributed by atoms with E-state index >= 15 is 0 Å². The largest absolute Gasteiger partial charge is 0.399 e. The molecule has 7 nitrogen and oxygen atoms in total. The first-order valence-electron chi connectivity index (χ1n) is 9.08. The summed E-state index contributed by atoms with van der Waals surface area (Å²) in [6.07, 6.45) is 1.83. The summed E-state index contributed by atoms with van der Waals surface area (Å²) < 4.78 is 0. The predicted octanol–water partition coefficient (Wildman–Crippen LogP) is 1.54. The van der Waals surface area contributed by atoms with Gasteiger partial charge in [-0.1, -0.05) is 31.2 Å². The molecule has 0 aromatic heterocycles. The van der Waals surface area contributed by atoms with Gasteiger partial charge in [-0.15, -0.1) is 0 Å². The van der Waals surface area contributed by atoms with Crippen LogP contribution in [0.4, 0.5) is 5.69 Å². The SMILES string of the molecule is CCN1CC=C2C(C1)C1(C(=O)Nc3ccccc31)C(C#N)=C(N)C2(C#N)C#N. The molecule has 28 heavy (non-hydrogen) atoms. The molecule has 0 saturated carbocycles. The Morgan fingerprint density at radius 2 is 2.00 bits per heavy atom. The molecule has 1 aliphatic carbocycles. The van der Waals surface area contributed by atoms with Crippen molar-refractivity contribution in [1.82, 2.24) is 4.90 Å². The van der Waals surface area contributed by atoms with Crippen LogP contribution in [0.2, 0.25) is 0 Å². The van der Waals surface area contributed by atoms with E-state index in [1.54, 1.807) is 6.07 Å². The van der Waals surface area contributed by atoms with Crippen LogP contribution in [-0.2, 0) is 10.2 Å². The number of nitriles is 3. The minimum absolute atomic E-state index is 0.00171. The summed E-state index contributed by atoms with van der Waals surface area (Å²) in [7, 11) is 0. The van der Waals surface area contributed by atoms with E-state index in [-0.39, 0.29) is 17.2 Å².